The van der Waals surface area contributed by atoms with E-state index in [0.717, 1.165) is 30.7 Å². The molecule has 0 fully saturated rings. The van der Waals surface area contributed by atoms with E-state index in [2.05, 4.69) is 27.8 Å². The molecule has 0 aliphatic carbocycles. The van der Waals surface area contributed by atoms with Crippen LogP contribution in [-0.2, 0) is 11.2 Å². The molecule has 1 aromatic carbocycles. The summed E-state index contributed by atoms with van der Waals surface area (Å²) >= 11 is 1.36. The van der Waals surface area contributed by atoms with Gasteiger partial charge in [-0.05, 0) is 24.6 Å². The number of carbonyl (C=O) groups is 2. The Morgan fingerprint density at radius 2 is 2.04 bits per heavy atom. The molecule has 2 amide bonds. The Hall–Kier alpha value is -2.68. The molecule has 9 heteroatoms. The van der Waals surface area contributed by atoms with Crippen LogP contribution in [-0.4, -0.2) is 35.3 Å². The van der Waals surface area contributed by atoms with Crippen LogP contribution >= 0.6 is 11.3 Å². The van der Waals surface area contributed by atoms with Gasteiger partial charge in [-0.1, -0.05) is 31.1 Å². The number of rotatable bonds is 8. The monoisotopic (exact) mass is 376 g/mol. The van der Waals surface area contributed by atoms with Crippen LogP contribution in [0.5, 0.6) is 11.5 Å². The molecule has 1 aliphatic rings. The van der Waals surface area contributed by atoms with Crippen molar-refractivity contribution in [1.29, 1.82) is 0 Å². The molecule has 2 heterocycles. The Kier molecular flexibility index (Phi) is 6.00. The number of aromatic nitrogens is 2. The van der Waals surface area contributed by atoms with Crippen molar-refractivity contribution in [1.82, 2.24) is 15.5 Å². The average molecular weight is 376 g/mol. The molecule has 2 N–H and O–H groups in total. The van der Waals surface area contributed by atoms with Crippen LogP contribution in [0.25, 0.3) is 0 Å². The van der Waals surface area contributed by atoms with Crippen LogP contribution in [0.2, 0.25) is 0 Å². The molecule has 8 nitrogen and oxygen atoms in total. The fourth-order valence-electron chi connectivity index (χ4n) is 2.40. The zero-order valence-corrected chi connectivity index (χ0v) is 15.2. The third kappa shape index (κ3) is 4.69. The lowest BCUT2D eigenvalue weighted by atomic mass is 10.2. The molecular formula is C17H20N4O4S. The molecule has 138 valence electrons. The highest BCUT2D eigenvalue weighted by molar-refractivity contribution is 7.15. The number of ether oxygens (including phenoxy) is 2. The highest BCUT2D eigenvalue weighted by atomic mass is 32.1. The van der Waals surface area contributed by atoms with Crippen LogP contribution in [0, 0.1) is 0 Å². The zero-order chi connectivity index (χ0) is 18.4. The maximum atomic E-state index is 12.1. The van der Waals surface area contributed by atoms with E-state index in [1.165, 1.54) is 11.3 Å². The van der Waals surface area contributed by atoms with Gasteiger partial charge in [0, 0.05) is 12.0 Å². The number of hydrogen-bond donors (Lipinski definition) is 2. The topological polar surface area (TPSA) is 102 Å². The van der Waals surface area contributed by atoms with Gasteiger partial charge in [0.15, 0.2) is 11.5 Å². The van der Waals surface area contributed by atoms with E-state index < -0.39 is 0 Å². The van der Waals surface area contributed by atoms with E-state index in [0.29, 0.717) is 22.2 Å². The first-order chi connectivity index (χ1) is 12.7. The molecule has 0 radical (unpaired) electrons. The quantitative estimate of drug-likeness (QED) is 0.686. The fraction of sp³-hybridized carbons (Fsp3) is 0.412. The van der Waals surface area contributed by atoms with Gasteiger partial charge in [0.1, 0.15) is 5.01 Å². The summed E-state index contributed by atoms with van der Waals surface area (Å²) in [7, 11) is 0. The molecule has 1 aliphatic heterocycles. The lowest BCUT2D eigenvalue weighted by Gasteiger charge is -2.05. The summed E-state index contributed by atoms with van der Waals surface area (Å²) in [4.78, 5) is 24.1. The maximum absolute atomic E-state index is 12.1. The number of aryl methyl sites for hydroxylation is 1. The van der Waals surface area contributed by atoms with Crippen molar-refractivity contribution in [2.75, 3.05) is 18.7 Å². The minimum Gasteiger partial charge on any atom is -0.454 e. The maximum Gasteiger partial charge on any atom is 0.251 e. The van der Waals surface area contributed by atoms with Crippen molar-refractivity contribution in [3.8, 4) is 11.5 Å². The third-order valence-electron chi connectivity index (χ3n) is 3.75. The third-order valence-corrected chi connectivity index (χ3v) is 4.65. The van der Waals surface area contributed by atoms with Crippen molar-refractivity contribution in [3.63, 3.8) is 0 Å². The molecule has 0 saturated heterocycles. The van der Waals surface area contributed by atoms with Crippen molar-refractivity contribution < 1.29 is 19.1 Å². The second kappa shape index (κ2) is 8.61. The smallest absolute Gasteiger partial charge is 0.251 e. The summed E-state index contributed by atoms with van der Waals surface area (Å²) in [5.74, 6) is 0.406. The number of nitrogens with zero attached hydrogens (tertiary/aromatic N) is 2. The molecule has 0 saturated carbocycles. The van der Waals surface area contributed by atoms with E-state index >= 15 is 0 Å². The standard InChI is InChI=1S/C17H20N4O4S/c1-2-3-4-5-15-20-21-17(26-15)19-14(22)9-18-16(23)11-6-7-12-13(8-11)25-10-24-12/h6-8H,2-5,9-10H2,1H3,(H,18,23)(H,19,21,22). The van der Waals surface area contributed by atoms with E-state index in [4.69, 9.17) is 9.47 Å². The van der Waals surface area contributed by atoms with Gasteiger partial charge in [-0.15, -0.1) is 10.2 Å². The van der Waals surface area contributed by atoms with Crippen molar-refractivity contribution in [2.45, 2.75) is 32.6 Å². The molecule has 2 aromatic rings. The molecule has 0 unspecified atom stereocenters. The number of carbonyl (C=O) groups excluding carboxylic acids is 2. The summed E-state index contributed by atoms with van der Waals surface area (Å²) in [6, 6.07) is 4.87. The lowest BCUT2D eigenvalue weighted by molar-refractivity contribution is -0.115. The van der Waals surface area contributed by atoms with E-state index in [1.807, 2.05) is 0 Å². The second-order valence-corrected chi connectivity index (χ2v) is 6.82. The van der Waals surface area contributed by atoms with E-state index in [1.54, 1.807) is 18.2 Å². The SMILES string of the molecule is CCCCCc1nnc(NC(=O)CNC(=O)c2ccc3c(c2)OCO3)s1. The van der Waals surface area contributed by atoms with Crippen LogP contribution in [0.3, 0.4) is 0 Å². The first-order valence-electron chi connectivity index (χ1n) is 8.46. The number of amides is 2. The largest absolute Gasteiger partial charge is 0.454 e. The highest BCUT2D eigenvalue weighted by Crippen LogP contribution is 2.32. The molecule has 3 rings (SSSR count). The Morgan fingerprint density at radius 3 is 2.88 bits per heavy atom. The molecular weight excluding hydrogens is 356 g/mol. The predicted molar refractivity (Wildman–Crippen MR) is 96.7 cm³/mol. The Morgan fingerprint density at radius 1 is 1.19 bits per heavy atom. The number of benzene rings is 1. The molecule has 26 heavy (non-hydrogen) atoms. The first kappa shape index (κ1) is 18.1. The Balaban J connectivity index is 1.46. The van der Waals surface area contributed by atoms with Gasteiger partial charge in [-0.2, -0.15) is 0 Å². The zero-order valence-electron chi connectivity index (χ0n) is 14.4. The van der Waals surface area contributed by atoms with Gasteiger partial charge in [0.05, 0.1) is 6.54 Å². The van der Waals surface area contributed by atoms with Crippen molar-refractivity contribution in [3.05, 3.63) is 28.8 Å². The Bertz CT molecular complexity index is 793. The highest BCUT2D eigenvalue weighted by Gasteiger charge is 2.17. The van der Waals surface area contributed by atoms with Gasteiger partial charge in [-0.25, -0.2) is 0 Å². The minimum atomic E-state index is -0.365. The number of fused-ring (bicyclic) bond motifs is 1. The normalized spacial score (nSPS) is 12.0. The van der Waals surface area contributed by atoms with Gasteiger partial charge in [0.2, 0.25) is 17.8 Å². The second-order valence-electron chi connectivity index (χ2n) is 5.76. The van der Waals surface area contributed by atoms with E-state index in [9.17, 15) is 9.59 Å². The summed E-state index contributed by atoms with van der Waals surface area (Å²) in [5, 5.41) is 14.6. The van der Waals surface area contributed by atoms with Crippen LogP contribution in [0.4, 0.5) is 5.13 Å². The predicted octanol–water partition coefficient (Wildman–Crippen LogP) is 2.37. The number of hydrogen-bond acceptors (Lipinski definition) is 7. The number of anilines is 1. The molecule has 0 atom stereocenters. The van der Waals surface area contributed by atoms with Crippen LogP contribution in [0.15, 0.2) is 18.2 Å². The summed E-state index contributed by atoms with van der Waals surface area (Å²) in [6.45, 7) is 2.13. The summed E-state index contributed by atoms with van der Waals surface area (Å²) in [6.07, 6.45) is 4.21. The average Bonchev–Trinajstić information content (AvgIpc) is 3.28. The van der Waals surface area contributed by atoms with Crippen molar-refractivity contribution in [2.24, 2.45) is 0 Å². The number of nitrogens with one attached hydrogen (secondary N) is 2. The molecule has 0 bridgehead atoms. The molecule has 1 aromatic heterocycles. The summed E-state index contributed by atoms with van der Waals surface area (Å²) in [5.41, 5.74) is 0.399. The van der Waals surface area contributed by atoms with Gasteiger partial charge >= 0.3 is 0 Å². The first-order valence-corrected chi connectivity index (χ1v) is 9.27. The Labute approximate surface area is 154 Å². The molecule has 0 spiro atoms. The van der Waals surface area contributed by atoms with Crippen LogP contribution in [0.1, 0.15) is 41.6 Å². The minimum absolute atomic E-state index is 0.144. The van der Waals surface area contributed by atoms with E-state index in [-0.39, 0.29) is 25.2 Å². The summed E-state index contributed by atoms with van der Waals surface area (Å²) < 4.78 is 10.4. The fourth-order valence-corrected chi connectivity index (χ4v) is 3.19. The lowest BCUT2D eigenvalue weighted by Crippen LogP contribution is -2.32. The van der Waals surface area contributed by atoms with Crippen molar-refractivity contribution >= 4 is 28.3 Å². The van der Waals surface area contributed by atoms with Gasteiger partial charge in [0.25, 0.3) is 5.91 Å². The number of unbranched alkanes of at least 4 members (excludes halogenated alkanes) is 2. The van der Waals surface area contributed by atoms with Gasteiger partial charge in [-0.3, -0.25) is 14.9 Å². The van der Waals surface area contributed by atoms with Crippen LogP contribution < -0.4 is 20.1 Å². The van der Waals surface area contributed by atoms with Gasteiger partial charge < -0.3 is 14.8 Å².